The summed E-state index contributed by atoms with van der Waals surface area (Å²) < 4.78 is 163. The van der Waals surface area contributed by atoms with E-state index in [0.717, 1.165) is 49.8 Å². The molecule has 4 aromatic rings. The number of halogens is 14. The van der Waals surface area contributed by atoms with Crippen LogP contribution in [0.3, 0.4) is 0 Å². The molecule has 2 atom stereocenters. The Labute approximate surface area is 339 Å². The van der Waals surface area contributed by atoms with Gasteiger partial charge in [0.15, 0.2) is 12.0 Å². The molecule has 0 radical (unpaired) electrons. The summed E-state index contributed by atoms with van der Waals surface area (Å²) in [6.45, 7) is 5.03. The molecule has 0 spiro atoms. The van der Waals surface area contributed by atoms with Gasteiger partial charge >= 0.3 is 53.9 Å². The maximum absolute atomic E-state index is 12.0. The average molecular weight is 959 g/mol. The molecular weight excluding hydrogens is 928 g/mol. The van der Waals surface area contributed by atoms with Crippen LogP contribution in [-0.4, -0.2) is 53.8 Å². The van der Waals surface area contributed by atoms with Crippen molar-refractivity contribution in [2.24, 2.45) is 0 Å². The second-order valence-corrected chi connectivity index (χ2v) is 10.8. The van der Waals surface area contributed by atoms with Crippen molar-refractivity contribution in [3.8, 4) is 0 Å². The van der Waals surface area contributed by atoms with Crippen LogP contribution in [-0.2, 0) is 39.0 Å². The molecule has 0 aliphatic carbocycles. The minimum Gasteiger partial charge on any atom is -1.00 e. The average Bonchev–Trinajstić information content (AvgIpc) is 3.88. The van der Waals surface area contributed by atoms with Crippen LogP contribution in [0.1, 0.15) is 82.7 Å². The van der Waals surface area contributed by atoms with E-state index in [9.17, 15) is 57.5 Å². The van der Waals surface area contributed by atoms with Crippen molar-refractivity contribution < 1.29 is 112 Å². The molecule has 308 valence electrons. The van der Waals surface area contributed by atoms with Gasteiger partial charge in [-0.2, -0.15) is 62.3 Å². The normalized spacial score (nSPS) is 13.0. The molecule has 9 nitrogen and oxygen atoms in total. The molecule has 0 bridgehead atoms. The van der Waals surface area contributed by atoms with Crippen LogP contribution in [0.5, 0.6) is 0 Å². The first-order chi connectivity index (χ1) is 23.9. The van der Waals surface area contributed by atoms with E-state index in [1.165, 1.54) is 31.9 Å². The largest absolute Gasteiger partial charge is 2.00 e. The Hall–Kier alpha value is -3.02. The number of aldehydes is 1. The van der Waals surface area contributed by atoms with Crippen LogP contribution in [0.25, 0.3) is 0 Å². The molecule has 0 amide bonds. The van der Waals surface area contributed by atoms with Gasteiger partial charge in [-0.3, -0.25) is 4.79 Å². The third-order valence-electron chi connectivity index (χ3n) is 5.27. The molecule has 55 heavy (non-hydrogen) atoms. The SMILES string of the molecule is C1CCOC1.CC(Br)c1ccc(C(F)(F)F)o1.CC(O)c1ccc(C(F)(F)F)o1.FC(F)(F)c1ccco1.O=C=O.O=Cc1ccc(C(F)(F)F)o1.[Br-].[CH3-].[Mg+2]. The Morgan fingerprint density at radius 2 is 1.07 bits per heavy atom. The number of alkyl halides is 13. The van der Waals surface area contributed by atoms with Crippen molar-refractivity contribution in [3.05, 3.63) is 103 Å². The number of furan rings is 4. The number of aliphatic hydroxyl groups excluding tert-OH is 1. The molecule has 24 heteroatoms. The van der Waals surface area contributed by atoms with Crippen LogP contribution < -0.4 is 17.0 Å². The maximum atomic E-state index is 12.0. The molecule has 5 heterocycles. The monoisotopic (exact) mass is 956 g/mol. The third-order valence-corrected chi connectivity index (χ3v) is 5.72. The molecule has 1 saturated heterocycles. The van der Waals surface area contributed by atoms with E-state index in [-0.39, 0.29) is 82.0 Å². The predicted octanol–water partition coefficient (Wildman–Crippen LogP) is 7.80. The van der Waals surface area contributed by atoms with E-state index in [1.54, 1.807) is 6.92 Å². The Balaban J connectivity index is -0.000000291. The molecular formula is C31H30Br2F12MgO9. The summed E-state index contributed by atoms with van der Waals surface area (Å²) in [7, 11) is 0. The van der Waals surface area contributed by atoms with Crippen molar-refractivity contribution in [2.45, 2.75) is 62.3 Å². The Morgan fingerprint density at radius 3 is 1.27 bits per heavy atom. The molecule has 5 rings (SSSR count). The molecule has 1 aliphatic rings. The van der Waals surface area contributed by atoms with Gasteiger partial charge in [0, 0.05) is 13.2 Å². The zero-order valence-electron chi connectivity index (χ0n) is 28.5. The van der Waals surface area contributed by atoms with Gasteiger partial charge in [0.1, 0.15) is 17.6 Å². The van der Waals surface area contributed by atoms with Crippen molar-refractivity contribution >= 4 is 51.4 Å². The fourth-order valence-corrected chi connectivity index (χ4v) is 3.21. The number of hydrogen-bond donors (Lipinski definition) is 1. The fourth-order valence-electron chi connectivity index (χ4n) is 2.97. The van der Waals surface area contributed by atoms with Gasteiger partial charge in [-0.05, 0) is 75.2 Å². The topological polar surface area (TPSA) is 133 Å². The van der Waals surface area contributed by atoms with Crippen molar-refractivity contribution in [1.29, 1.82) is 0 Å². The van der Waals surface area contributed by atoms with Crippen molar-refractivity contribution in [1.82, 2.24) is 0 Å². The fraction of sp³-hybridized carbons (Fsp3) is 0.387. The van der Waals surface area contributed by atoms with Gasteiger partial charge in [0.2, 0.25) is 23.0 Å². The number of aliphatic hydroxyl groups is 1. The van der Waals surface area contributed by atoms with Gasteiger partial charge in [-0.25, -0.2) is 0 Å². The van der Waals surface area contributed by atoms with Crippen molar-refractivity contribution in [3.63, 3.8) is 0 Å². The Morgan fingerprint density at radius 1 is 0.691 bits per heavy atom. The number of ether oxygens (including phenoxy) is 1. The second kappa shape index (κ2) is 27.6. The standard InChI is InChI=1S/C7H6BrF3O.C7H7F3O2.C6H3F3O2.C5H3F3O.C4H8O.CO2.CH3.BrH.Mg/c1-4(8)5-2-3-6(12-5)7(9,10)11;1-4(11)5-2-3-6(12-5)7(8,9)10;7-6(8,9)5-2-1-4(3-10)11-5;6-5(7,8)4-2-1-3-9-4;1-2-4-5-3-1;2-1-3;;;/h2-4H,1H3;2-4,11H,1H3;1-3H;1-3H;1-4H2;;1H3;1H;/q;;;;;;-1;;+2/p-1. The Bertz CT molecular complexity index is 1520. The third kappa shape index (κ3) is 25.0. The van der Waals surface area contributed by atoms with Crippen LogP contribution in [0.15, 0.2) is 72.5 Å². The predicted molar refractivity (Wildman–Crippen MR) is 165 cm³/mol. The van der Waals surface area contributed by atoms with E-state index >= 15 is 0 Å². The van der Waals surface area contributed by atoms with Crippen LogP contribution in [0.2, 0.25) is 0 Å². The molecule has 2 unspecified atom stereocenters. The summed E-state index contributed by atoms with van der Waals surface area (Å²) in [5, 5.41) is 8.84. The summed E-state index contributed by atoms with van der Waals surface area (Å²) in [6.07, 6.45) is -14.7. The van der Waals surface area contributed by atoms with E-state index in [2.05, 4.69) is 33.6 Å². The van der Waals surface area contributed by atoms with Crippen LogP contribution >= 0.6 is 15.9 Å². The number of rotatable bonds is 3. The number of carbonyl (C=O) groups excluding carboxylic acids is 3. The van der Waals surface area contributed by atoms with E-state index in [1.807, 2.05) is 0 Å². The number of carbonyl (C=O) groups is 1. The molecule has 1 fully saturated rings. The molecule has 4 aromatic heterocycles. The van der Waals surface area contributed by atoms with Gasteiger partial charge < -0.3 is 51.9 Å². The molecule has 1 aliphatic heterocycles. The molecule has 0 aromatic carbocycles. The molecule has 0 saturated carbocycles. The number of hydrogen-bond acceptors (Lipinski definition) is 9. The summed E-state index contributed by atoms with van der Waals surface area (Å²) in [4.78, 5) is 25.9. The Kier molecular flexibility index (Phi) is 29.4. The minimum absolute atomic E-state index is 0. The first kappa shape index (κ1) is 58.7. The summed E-state index contributed by atoms with van der Waals surface area (Å²) >= 11 is 3.10. The van der Waals surface area contributed by atoms with E-state index in [4.69, 9.17) is 19.4 Å². The van der Waals surface area contributed by atoms with Gasteiger partial charge in [-0.1, -0.05) is 15.9 Å². The zero-order chi connectivity index (χ0) is 40.3. The van der Waals surface area contributed by atoms with Crippen molar-refractivity contribution in [2.75, 3.05) is 13.2 Å². The minimum atomic E-state index is -4.51. The summed E-state index contributed by atoms with van der Waals surface area (Å²) in [5.41, 5.74) is 0. The first-order valence-electron chi connectivity index (χ1n) is 13.8. The quantitative estimate of drug-likeness (QED) is 0.0719. The van der Waals surface area contributed by atoms with E-state index in [0.29, 0.717) is 6.07 Å². The summed E-state index contributed by atoms with van der Waals surface area (Å²) in [6, 6.07) is 7.88. The maximum Gasteiger partial charge on any atom is 2.00 e. The summed E-state index contributed by atoms with van der Waals surface area (Å²) in [5.74, 6) is -4.27. The zero-order valence-corrected chi connectivity index (χ0v) is 33.1. The molecule has 1 N–H and O–H groups in total. The van der Waals surface area contributed by atoms with Crippen LogP contribution in [0, 0.1) is 7.43 Å². The van der Waals surface area contributed by atoms with Gasteiger partial charge in [-0.15, -0.1) is 0 Å². The van der Waals surface area contributed by atoms with Gasteiger partial charge in [0.25, 0.3) is 0 Å². The smallest absolute Gasteiger partial charge is 1.00 e. The second-order valence-electron chi connectivity index (χ2n) is 9.39. The van der Waals surface area contributed by atoms with E-state index < -0.39 is 53.9 Å². The first-order valence-corrected chi connectivity index (χ1v) is 14.8. The van der Waals surface area contributed by atoms with Crippen LogP contribution in [0.4, 0.5) is 52.7 Å². The van der Waals surface area contributed by atoms with Gasteiger partial charge in [0.05, 0.1) is 11.1 Å².